The second-order valence-corrected chi connectivity index (χ2v) is 19.7. The van der Waals surface area contributed by atoms with Gasteiger partial charge in [0.05, 0.1) is 30.3 Å². The standard InChI is InChI=1S/C46H70N8O8S/c1-12-28(3)39-44(59)54-20-13-14-36(54)45(60)62-38(46(7,8)9)23-27(2)22-37(55)30(5)41-49-33(26-63-41)24-29(4)40(56)50-35(43(58)52(10)31(6)42(57)53(39)11)25-32-15-17-34(18-16-32)61-21-19-48-51-47/h15-18,24,27-28,30-31,33,35-39,55H,12-14,19-23,25-26H2,1-11H3,(H,50,56)/b29-24+/t27-,28-,30-,31-,33-,35-,36-,37-,38-,39-/m0/s1. The van der Waals surface area contributed by atoms with Gasteiger partial charge in [0.15, 0.2) is 0 Å². The number of hydrogen-bond donors (Lipinski definition) is 2. The van der Waals surface area contributed by atoms with Crippen LogP contribution < -0.4 is 10.1 Å². The number of esters is 1. The van der Waals surface area contributed by atoms with Crippen molar-refractivity contribution in [1.29, 1.82) is 0 Å². The molecule has 2 bridgehead atoms. The first-order chi connectivity index (χ1) is 29.7. The summed E-state index contributed by atoms with van der Waals surface area (Å²) >= 11 is 1.54. The smallest absolute Gasteiger partial charge is 0.329 e. The molecule has 3 aliphatic heterocycles. The average molecular weight is 895 g/mol. The number of aliphatic hydroxyl groups excluding tert-OH is 1. The fourth-order valence-electron chi connectivity index (χ4n) is 8.32. The van der Waals surface area contributed by atoms with Crippen molar-refractivity contribution in [3.63, 3.8) is 0 Å². The van der Waals surface area contributed by atoms with Crippen molar-refractivity contribution in [2.45, 2.75) is 143 Å². The van der Waals surface area contributed by atoms with Gasteiger partial charge in [-0.2, -0.15) is 0 Å². The zero-order valence-electron chi connectivity index (χ0n) is 39.1. The van der Waals surface area contributed by atoms with E-state index in [2.05, 4.69) is 15.3 Å². The van der Waals surface area contributed by atoms with Crippen LogP contribution in [0.25, 0.3) is 10.4 Å². The number of hydrogen-bond acceptors (Lipinski definition) is 11. The van der Waals surface area contributed by atoms with Gasteiger partial charge in [0.1, 0.15) is 36.0 Å². The molecule has 0 radical (unpaired) electrons. The van der Waals surface area contributed by atoms with Crippen LogP contribution in [0.3, 0.4) is 0 Å². The van der Waals surface area contributed by atoms with E-state index in [-0.39, 0.29) is 49.3 Å². The van der Waals surface area contributed by atoms with E-state index in [4.69, 9.17) is 20.0 Å². The lowest BCUT2D eigenvalue weighted by molar-refractivity contribution is -0.166. The third-order valence-corrected chi connectivity index (χ3v) is 14.0. The van der Waals surface area contributed by atoms with Crippen molar-refractivity contribution in [1.82, 2.24) is 20.0 Å². The van der Waals surface area contributed by atoms with E-state index in [1.807, 2.05) is 48.5 Å². The molecule has 0 aromatic heterocycles. The maximum Gasteiger partial charge on any atom is 0.329 e. The van der Waals surface area contributed by atoms with Crippen molar-refractivity contribution in [2.24, 2.45) is 33.3 Å². The van der Waals surface area contributed by atoms with E-state index < -0.39 is 65.5 Å². The normalized spacial score (nSPS) is 30.2. The van der Waals surface area contributed by atoms with Crippen LogP contribution in [0.2, 0.25) is 0 Å². The number of benzene rings is 1. The van der Waals surface area contributed by atoms with Crippen LogP contribution in [-0.4, -0.2) is 136 Å². The van der Waals surface area contributed by atoms with Crippen LogP contribution in [0.15, 0.2) is 46.0 Å². The number of carbonyl (C=O) groups excluding carboxylic acids is 5. The number of carbonyl (C=O) groups is 5. The fraction of sp³-hybridized carbons (Fsp3) is 0.696. The van der Waals surface area contributed by atoms with Crippen molar-refractivity contribution in [3.8, 4) is 5.75 Å². The number of nitrogens with zero attached hydrogens (tertiary/aromatic N) is 7. The number of fused-ring (bicyclic) bond motifs is 2. The Morgan fingerprint density at radius 1 is 1.05 bits per heavy atom. The number of ether oxygens (including phenoxy) is 2. The zero-order chi connectivity index (χ0) is 46.8. The second kappa shape index (κ2) is 22.8. The van der Waals surface area contributed by atoms with Gasteiger partial charge in [0, 0.05) is 49.2 Å². The van der Waals surface area contributed by atoms with Crippen LogP contribution in [0.5, 0.6) is 5.75 Å². The molecular formula is C46H70N8O8S. The van der Waals surface area contributed by atoms with Gasteiger partial charge in [-0.25, -0.2) is 4.79 Å². The Bertz CT molecular complexity index is 1900. The van der Waals surface area contributed by atoms with Crippen LogP contribution in [0.1, 0.15) is 100.0 Å². The molecule has 4 amide bonds. The largest absolute Gasteiger partial charge is 0.493 e. The Morgan fingerprint density at radius 2 is 1.73 bits per heavy atom. The molecule has 0 aliphatic carbocycles. The Balaban J connectivity index is 1.72. The predicted octanol–water partition coefficient (Wildman–Crippen LogP) is 5.96. The van der Waals surface area contributed by atoms with Gasteiger partial charge in [-0.05, 0) is 80.0 Å². The van der Waals surface area contributed by atoms with E-state index in [0.717, 1.165) is 5.04 Å². The average Bonchev–Trinajstić information content (AvgIpc) is 3.94. The molecule has 1 saturated heterocycles. The van der Waals surface area contributed by atoms with Gasteiger partial charge >= 0.3 is 5.97 Å². The van der Waals surface area contributed by atoms with Gasteiger partial charge in [0.2, 0.25) is 23.6 Å². The van der Waals surface area contributed by atoms with Crippen LogP contribution >= 0.6 is 11.8 Å². The number of aliphatic imine (C=N–C) groups is 1. The molecule has 17 heteroatoms. The van der Waals surface area contributed by atoms with Crippen LogP contribution in [-0.2, 0) is 35.1 Å². The third kappa shape index (κ3) is 13.5. The molecule has 63 heavy (non-hydrogen) atoms. The Hall–Kier alpha value is -4.60. The molecule has 3 aliphatic rings. The number of rotatable bonds is 8. The minimum atomic E-state index is -1.09. The third-order valence-electron chi connectivity index (χ3n) is 12.7. The van der Waals surface area contributed by atoms with E-state index in [1.165, 1.54) is 16.8 Å². The molecule has 0 saturated carbocycles. The van der Waals surface area contributed by atoms with E-state index in [1.54, 1.807) is 67.9 Å². The molecule has 10 atom stereocenters. The monoisotopic (exact) mass is 895 g/mol. The Labute approximate surface area is 377 Å². The van der Waals surface area contributed by atoms with E-state index in [0.29, 0.717) is 61.3 Å². The molecular weight excluding hydrogens is 825 g/mol. The Morgan fingerprint density at radius 3 is 2.37 bits per heavy atom. The lowest BCUT2D eigenvalue weighted by Crippen LogP contribution is -2.59. The van der Waals surface area contributed by atoms with Crippen molar-refractivity contribution in [2.75, 3.05) is 39.5 Å². The van der Waals surface area contributed by atoms with Crippen molar-refractivity contribution >= 4 is 46.4 Å². The first-order valence-corrected chi connectivity index (χ1v) is 23.3. The van der Waals surface area contributed by atoms with Crippen molar-refractivity contribution < 1.29 is 38.6 Å². The zero-order valence-corrected chi connectivity index (χ0v) is 39.9. The highest BCUT2D eigenvalue weighted by molar-refractivity contribution is 8.14. The second-order valence-electron chi connectivity index (χ2n) is 18.7. The molecule has 1 aromatic carbocycles. The number of aliphatic hydroxyl groups is 1. The van der Waals surface area contributed by atoms with Gasteiger partial charge in [0.25, 0.3) is 0 Å². The summed E-state index contributed by atoms with van der Waals surface area (Å²) in [5.41, 5.74) is 9.20. The summed E-state index contributed by atoms with van der Waals surface area (Å²) in [6.07, 6.45) is 3.22. The number of likely N-dealkylation sites (N-methyl/N-ethyl adjacent to an activating group) is 2. The quantitative estimate of drug-likeness (QED) is 0.104. The highest BCUT2D eigenvalue weighted by Gasteiger charge is 2.44. The fourth-order valence-corrected chi connectivity index (χ4v) is 9.46. The molecule has 1 fully saturated rings. The number of amides is 4. The van der Waals surface area contributed by atoms with E-state index >= 15 is 0 Å². The summed E-state index contributed by atoms with van der Waals surface area (Å²) in [6, 6.07) is 2.80. The molecule has 0 spiro atoms. The highest BCUT2D eigenvalue weighted by Crippen LogP contribution is 2.34. The summed E-state index contributed by atoms with van der Waals surface area (Å²) in [4.78, 5) is 83.4. The summed E-state index contributed by atoms with van der Waals surface area (Å²) in [6.45, 7) is 17.8. The molecule has 1 aromatic rings. The lowest BCUT2D eigenvalue weighted by Gasteiger charge is -2.39. The minimum absolute atomic E-state index is 0.0178. The predicted molar refractivity (Wildman–Crippen MR) is 245 cm³/mol. The molecule has 348 valence electrons. The van der Waals surface area contributed by atoms with Gasteiger partial charge in [-0.15, -0.1) is 11.8 Å². The Kier molecular flexibility index (Phi) is 18.5. The summed E-state index contributed by atoms with van der Waals surface area (Å²) in [7, 11) is 3.07. The number of thioether (sulfide) groups is 1. The molecule has 3 heterocycles. The summed E-state index contributed by atoms with van der Waals surface area (Å²) < 4.78 is 11.9. The number of azide groups is 1. The van der Waals surface area contributed by atoms with Crippen LogP contribution in [0, 0.1) is 23.2 Å². The lowest BCUT2D eigenvalue weighted by atomic mass is 9.81. The van der Waals surface area contributed by atoms with E-state index in [9.17, 15) is 29.1 Å². The highest BCUT2D eigenvalue weighted by atomic mass is 32.2. The summed E-state index contributed by atoms with van der Waals surface area (Å²) in [5, 5.41) is 18.6. The van der Waals surface area contributed by atoms with Gasteiger partial charge in [-0.1, -0.05) is 78.2 Å². The number of nitrogens with one attached hydrogen (secondary N) is 1. The van der Waals surface area contributed by atoms with Gasteiger partial charge < -0.3 is 34.6 Å². The van der Waals surface area contributed by atoms with Crippen molar-refractivity contribution in [3.05, 3.63) is 51.9 Å². The minimum Gasteiger partial charge on any atom is -0.493 e. The van der Waals surface area contributed by atoms with Gasteiger partial charge in [-0.3, -0.25) is 24.2 Å². The number of cyclic esters (lactones) is 1. The SMILES string of the molecule is CC[C@H](C)[C@H]1C(=O)N2CCC[C@H]2C(=O)O[C@H](C(C)(C)C)C[C@@H](C)C[C@H](O)[C@H](C)C2=N[C@@H](/C=C(\C)C(=O)N[C@@H](Cc3ccc(OCCN=[N+]=[N-])cc3)C(=O)N(C)[C@@H](C)C(=O)N1C)CS2. The first-order valence-electron chi connectivity index (χ1n) is 22.3. The molecule has 4 rings (SSSR count). The molecule has 2 N–H and O–H groups in total. The first kappa shape index (κ1) is 51.0. The maximum atomic E-state index is 14.6. The topological polar surface area (TPSA) is 207 Å². The maximum absolute atomic E-state index is 14.6. The summed E-state index contributed by atoms with van der Waals surface area (Å²) in [5.74, 6) is -1.73. The molecule has 16 nitrogen and oxygen atoms in total. The van der Waals surface area contributed by atoms with Crippen LogP contribution in [0.4, 0.5) is 0 Å². The molecule has 0 unspecified atom stereocenters.